The molecule has 1 N–H and O–H groups in total. The Hall–Kier alpha value is -2.16. The van der Waals surface area contributed by atoms with Crippen molar-refractivity contribution < 1.29 is 13.9 Å². The van der Waals surface area contributed by atoms with Crippen LogP contribution in [0.5, 0.6) is 5.75 Å². The van der Waals surface area contributed by atoms with Gasteiger partial charge in [-0.2, -0.15) is 0 Å². The van der Waals surface area contributed by atoms with Crippen LogP contribution in [0.15, 0.2) is 60.7 Å². The van der Waals surface area contributed by atoms with Crippen LogP contribution < -0.4 is 0 Å². The maximum absolute atomic E-state index is 14.2. The number of hydrogen-bond acceptors (Lipinski definition) is 1. The van der Waals surface area contributed by atoms with E-state index in [0.717, 1.165) is 12.0 Å². The third-order valence-corrected chi connectivity index (χ3v) is 3.64. The van der Waals surface area contributed by atoms with E-state index in [9.17, 15) is 13.9 Å². The van der Waals surface area contributed by atoms with E-state index >= 15 is 0 Å². The minimum atomic E-state index is -2.87. The van der Waals surface area contributed by atoms with Crippen molar-refractivity contribution in [2.75, 3.05) is 0 Å². The first-order valence-corrected chi connectivity index (χ1v) is 7.44. The molecule has 0 aliphatic heterocycles. The molecular formula is C19H20F2O. The Morgan fingerprint density at radius 3 is 2.27 bits per heavy atom. The standard InChI is InChI=1S/C19H20F2O/c1-2-19(20,21)18(16-11-13-17(22)14-12-16)10-6-9-15-7-4-3-5-8-15/h3-5,7-8,10-14,22H,2,6,9H2,1H3. The Bertz CT molecular complexity index is 616. The highest BCUT2D eigenvalue weighted by Gasteiger charge is 2.32. The van der Waals surface area contributed by atoms with Gasteiger partial charge in [-0.3, -0.25) is 0 Å². The van der Waals surface area contributed by atoms with E-state index in [0.29, 0.717) is 12.0 Å². The fourth-order valence-corrected chi connectivity index (χ4v) is 2.34. The summed E-state index contributed by atoms with van der Waals surface area (Å²) in [5, 5.41) is 9.32. The second-order valence-electron chi connectivity index (χ2n) is 5.25. The lowest BCUT2D eigenvalue weighted by atomic mass is 9.95. The number of alkyl halides is 2. The van der Waals surface area contributed by atoms with Gasteiger partial charge in [-0.1, -0.05) is 55.5 Å². The third kappa shape index (κ3) is 4.17. The zero-order valence-electron chi connectivity index (χ0n) is 12.6. The second kappa shape index (κ2) is 7.21. The van der Waals surface area contributed by atoms with Crippen LogP contribution in [0.3, 0.4) is 0 Å². The van der Waals surface area contributed by atoms with Gasteiger partial charge in [0, 0.05) is 12.0 Å². The predicted octanol–water partition coefficient (Wildman–Crippen LogP) is 5.45. The van der Waals surface area contributed by atoms with E-state index in [4.69, 9.17) is 0 Å². The summed E-state index contributed by atoms with van der Waals surface area (Å²) in [6, 6.07) is 15.8. The molecule has 2 aromatic carbocycles. The van der Waals surface area contributed by atoms with E-state index in [1.54, 1.807) is 6.08 Å². The topological polar surface area (TPSA) is 20.2 Å². The molecule has 0 aliphatic carbocycles. The van der Waals surface area contributed by atoms with Crippen LogP contribution in [0, 0.1) is 0 Å². The molecule has 0 amide bonds. The monoisotopic (exact) mass is 302 g/mol. The zero-order valence-corrected chi connectivity index (χ0v) is 12.6. The van der Waals surface area contributed by atoms with Gasteiger partial charge in [0.1, 0.15) is 5.75 Å². The number of aromatic hydroxyl groups is 1. The SMILES string of the molecule is CCC(F)(F)C(=CCCc1ccccc1)c1ccc(O)cc1. The molecule has 0 radical (unpaired) electrons. The summed E-state index contributed by atoms with van der Waals surface area (Å²) >= 11 is 0. The summed E-state index contributed by atoms with van der Waals surface area (Å²) in [7, 11) is 0. The van der Waals surface area contributed by atoms with Crippen molar-refractivity contribution in [2.45, 2.75) is 32.1 Å². The van der Waals surface area contributed by atoms with E-state index in [-0.39, 0.29) is 17.7 Å². The van der Waals surface area contributed by atoms with Gasteiger partial charge >= 0.3 is 0 Å². The Morgan fingerprint density at radius 2 is 1.68 bits per heavy atom. The molecular weight excluding hydrogens is 282 g/mol. The van der Waals surface area contributed by atoms with Crippen LogP contribution >= 0.6 is 0 Å². The van der Waals surface area contributed by atoms with Crippen molar-refractivity contribution >= 4 is 5.57 Å². The van der Waals surface area contributed by atoms with Crippen LogP contribution in [0.1, 0.15) is 30.9 Å². The summed E-state index contributed by atoms with van der Waals surface area (Å²) in [6.07, 6.45) is 2.64. The average Bonchev–Trinajstić information content (AvgIpc) is 2.53. The molecule has 3 heteroatoms. The van der Waals surface area contributed by atoms with Crippen LogP contribution in [-0.2, 0) is 6.42 Å². The minimum absolute atomic E-state index is 0.0333. The summed E-state index contributed by atoms with van der Waals surface area (Å²) in [4.78, 5) is 0. The van der Waals surface area contributed by atoms with Crippen molar-refractivity contribution in [1.29, 1.82) is 0 Å². The molecule has 2 rings (SSSR count). The number of phenols is 1. The third-order valence-electron chi connectivity index (χ3n) is 3.64. The molecule has 22 heavy (non-hydrogen) atoms. The second-order valence-corrected chi connectivity index (χ2v) is 5.25. The van der Waals surface area contributed by atoms with Gasteiger partial charge in [-0.05, 0) is 36.1 Å². The molecule has 0 aliphatic rings. The van der Waals surface area contributed by atoms with Crippen molar-refractivity contribution in [2.24, 2.45) is 0 Å². The molecule has 2 aromatic rings. The summed E-state index contributed by atoms with van der Waals surface area (Å²) in [6.45, 7) is 1.48. The molecule has 0 aromatic heterocycles. The molecule has 0 heterocycles. The van der Waals surface area contributed by atoms with Crippen LogP contribution in [0.25, 0.3) is 5.57 Å². The highest BCUT2D eigenvalue weighted by atomic mass is 19.3. The first-order chi connectivity index (χ1) is 10.5. The molecule has 0 atom stereocenters. The lowest BCUT2D eigenvalue weighted by Crippen LogP contribution is -2.17. The molecule has 0 saturated heterocycles. The number of phenolic OH excluding ortho intramolecular Hbond substituents is 1. The smallest absolute Gasteiger partial charge is 0.273 e. The number of halogens is 2. The fourth-order valence-electron chi connectivity index (χ4n) is 2.34. The van der Waals surface area contributed by atoms with E-state index in [1.807, 2.05) is 30.3 Å². The predicted molar refractivity (Wildman–Crippen MR) is 86.1 cm³/mol. The maximum Gasteiger partial charge on any atom is 0.273 e. The number of benzene rings is 2. The molecule has 0 fully saturated rings. The van der Waals surface area contributed by atoms with Gasteiger partial charge < -0.3 is 5.11 Å². The van der Waals surface area contributed by atoms with E-state index in [1.165, 1.54) is 31.2 Å². The molecule has 0 unspecified atom stereocenters. The molecule has 0 bridgehead atoms. The van der Waals surface area contributed by atoms with Crippen LogP contribution in [0.4, 0.5) is 8.78 Å². The van der Waals surface area contributed by atoms with Crippen molar-refractivity contribution in [1.82, 2.24) is 0 Å². The molecule has 1 nitrogen and oxygen atoms in total. The van der Waals surface area contributed by atoms with Crippen LogP contribution in [-0.4, -0.2) is 11.0 Å². The fraction of sp³-hybridized carbons (Fsp3) is 0.263. The van der Waals surface area contributed by atoms with Gasteiger partial charge in [0.2, 0.25) is 0 Å². The van der Waals surface area contributed by atoms with Crippen molar-refractivity contribution in [3.8, 4) is 5.75 Å². The number of allylic oxidation sites excluding steroid dienone is 2. The van der Waals surface area contributed by atoms with Gasteiger partial charge in [0.25, 0.3) is 5.92 Å². The minimum Gasteiger partial charge on any atom is -0.508 e. The van der Waals surface area contributed by atoms with E-state index < -0.39 is 5.92 Å². The Balaban J connectivity index is 2.21. The van der Waals surface area contributed by atoms with Crippen molar-refractivity contribution in [3.63, 3.8) is 0 Å². The average molecular weight is 302 g/mol. The normalized spacial score (nSPS) is 12.4. The zero-order chi connectivity index (χ0) is 16.0. The summed E-state index contributed by atoms with van der Waals surface area (Å²) in [5.74, 6) is -2.79. The largest absolute Gasteiger partial charge is 0.508 e. The van der Waals surface area contributed by atoms with Gasteiger partial charge in [-0.25, -0.2) is 8.78 Å². The van der Waals surface area contributed by atoms with Gasteiger partial charge in [0.05, 0.1) is 0 Å². The Kier molecular flexibility index (Phi) is 5.31. The molecule has 0 saturated carbocycles. The lowest BCUT2D eigenvalue weighted by Gasteiger charge is -2.19. The highest BCUT2D eigenvalue weighted by Crippen LogP contribution is 2.36. The highest BCUT2D eigenvalue weighted by molar-refractivity contribution is 5.71. The van der Waals surface area contributed by atoms with Crippen LogP contribution in [0.2, 0.25) is 0 Å². The summed E-state index contributed by atoms with van der Waals surface area (Å²) in [5.41, 5.74) is 1.62. The van der Waals surface area contributed by atoms with Gasteiger partial charge in [0.15, 0.2) is 0 Å². The van der Waals surface area contributed by atoms with E-state index in [2.05, 4.69) is 0 Å². The lowest BCUT2D eigenvalue weighted by molar-refractivity contribution is 0.0625. The maximum atomic E-state index is 14.2. The summed E-state index contributed by atoms with van der Waals surface area (Å²) < 4.78 is 28.4. The first-order valence-electron chi connectivity index (χ1n) is 7.44. The van der Waals surface area contributed by atoms with Crippen molar-refractivity contribution in [3.05, 3.63) is 71.8 Å². The number of hydrogen-bond donors (Lipinski definition) is 1. The number of aryl methyl sites for hydroxylation is 1. The Morgan fingerprint density at radius 1 is 1.05 bits per heavy atom. The Labute approximate surface area is 129 Å². The number of rotatable bonds is 6. The quantitative estimate of drug-likeness (QED) is 0.752. The first kappa shape index (κ1) is 16.2. The molecule has 116 valence electrons. The molecule has 0 spiro atoms. The van der Waals surface area contributed by atoms with Gasteiger partial charge in [-0.15, -0.1) is 0 Å².